The third-order valence-electron chi connectivity index (χ3n) is 3.67. The highest BCUT2D eigenvalue weighted by atomic mass is 19.1. The number of nitrogens with one attached hydrogen (secondary N) is 2. The number of fused-ring (bicyclic) bond motifs is 3. The van der Waals surface area contributed by atoms with Crippen molar-refractivity contribution < 1.29 is 13.2 Å². The minimum Gasteiger partial charge on any atom is -0.472 e. The number of hydrogen-bond donors (Lipinski definition) is 2. The first-order valence-electron chi connectivity index (χ1n) is 6.49. The Balaban J connectivity index is 2.36. The fourth-order valence-electron chi connectivity index (χ4n) is 2.69. The molecule has 0 aliphatic carbocycles. The second kappa shape index (κ2) is 4.27. The summed E-state index contributed by atoms with van der Waals surface area (Å²) in [7, 11) is 0. The van der Waals surface area contributed by atoms with Gasteiger partial charge >= 0.3 is 0 Å². The number of nitrogens with zero attached hydrogens (tertiary/aromatic N) is 1. The Hall–Kier alpha value is -2.96. The van der Waals surface area contributed by atoms with Crippen LogP contribution in [0.15, 0.2) is 33.9 Å². The molecule has 3 heterocycles. The number of aromatic amines is 2. The third-order valence-corrected chi connectivity index (χ3v) is 3.67. The first kappa shape index (κ1) is 12.8. The molecule has 2 N–H and O–H groups in total. The van der Waals surface area contributed by atoms with E-state index in [1.165, 1.54) is 12.5 Å². The highest BCUT2D eigenvalue weighted by Crippen LogP contribution is 2.35. The molecular weight excluding hydrogens is 292 g/mol. The van der Waals surface area contributed by atoms with E-state index in [2.05, 4.69) is 15.2 Å². The monoisotopic (exact) mass is 301 g/mol. The van der Waals surface area contributed by atoms with Crippen LogP contribution in [-0.4, -0.2) is 15.2 Å². The summed E-state index contributed by atoms with van der Waals surface area (Å²) in [6, 6.07) is 2.23. The van der Waals surface area contributed by atoms with Crippen LogP contribution >= 0.6 is 0 Å². The summed E-state index contributed by atoms with van der Waals surface area (Å²) in [5, 5.41) is 5.83. The molecule has 0 fully saturated rings. The lowest BCUT2D eigenvalue weighted by atomic mass is 10.0. The number of aromatic nitrogens is 3. The Morgan fingerprint density at radius 3 is 2.73 bits per heavy atom. The molecule has 110 valence electrons. The maximum atomic E-state index is 14.4. The molecule has 0 bridgehead atoms. The number of furan rings is 1. The van der Waals surface area contributed by atoms with Gasteiger partial charge < -0.3 is 9.52 Å². The summed E-state index contributed by atoms with van der Waals surface area (Å²) in [4.78, 5) is 16.0. The quantitative estimate of drug-likeness (QED) is 0.566. The normalized spacial score (nSPS) is 11.6. The molecule has 0 aliphatic heterocycles. The standard InChI is InChI=1S/C15H9F2N3O2/c1-6-10-12-11(8(16)4-9(21)13(12)17)14(7-2-3-22-5-7)18-15(10)20-19-6/h2-5H,1H3,(H2,18,19,20). The molecule has 5 nitrogen and oxygen atoms in total. The fraction of sp³-hybridized carbons (Fsp3) is 0.0667. The number of aryl methyl sites for hydroxylation is 1. The van der Waals surface area contributed by atoms with Crippen LogP contribution in [0, 0.1) is 18.6 Å². The molecule has 0 aliphatic rings. The molecule has 22 heavy (non-hydrogen) atoms. The molecule has 0 saturated heterocycles. The van der Waals surface area contributed by atoms with Gasteiger partial charge in [-0.3, -0.25) is 9.89 Å². The van der Waals surface area contributed by atoms with Crippen molar-refractivity contribution in [1.82, 2.24) is 15.2 Å². The number of H-pyrrole nitrogens is 2. The summed E-state index contributed by atoms with van der Waals surface area (Å²) < 4.78 is 33.8. The molecule has 0 atom stereocenters. The predicted molar refractivity (Wildman–Crippen MR) is 76.6 cm³/mol. The third kappa shape index (κ3) is 1.56. The summed E-state index contributed by atoms with van der Waals surface area (Å²) in [6.45, 7) is 1.69. The minimum absolute atomic E-state index is 0.0397. The van der Waals surface area contributed by atoms with Crippen molar-refractivity contribution in [2.75, 3.05) is 0 Å². The number of pyridine rings is 1. The molecule has 3 aromatic heterocycles. The lowest BCUT2D eigenvalue weighted by Gasteiger charge is -2.07. The van der Waals surface area contributed by atoms with E-state index in [9.17, 15) is 13.6 Å². The van der Waals surface area contributed by atoms with Gasteiger partial charge in [0.1, 0.15) is 5.82 Å². The van der Waals surface area contributed by atoms with Gasteiger partial charge in [-0.15, -0.1) is 0 Å². The van der Waals surface area contributed by atoms with Crippen LogP contribution in [0.2, 0.25) is 0 Å². The van der Waals surface area contributed by atoms with Crippen LogP contribution in [0.25, 0.3) is 33.1 Å². The van der Waals surface area contributed by atoms with Crippen molar-refractivity contribution in [3.05, 3.63) is 52.2 Å². The molecule has 0 saturated carbocycles. The van der Waals surface area contributed by atoms with Crippen LogP contribution in [0.4, 0.5) is 8.78 Å². The van der Waals surface area contributed by atoms with Crippen molar-refractivity contribution in [2.45, 2.75) is 6.92 Å². The largest absolute Gasteiger partial charge is 0.472 e. The molecule has 7 heteroatoms. The Kier molecular flexibility index (Phi) is 2.47. The van der Waals surface area contributed by atoms with E-state index in [4.69, 9.17) is 4.42 Å². The maximum Gasteiger partial charge on any atom is 0.217 e. The number of hydrogen-bond acceptors (Lipinski definition) is 3. The van der Waals surface area contributed by atoms with Crippen LogP contribution in [0.1, 0.15) is 5.69 Å². The highest BCUT2D eigenvalue weighted by molar-refractivity contribution is 6.11. The molecule has 1 aromatic carbocycles. The molecule has 4 rings (SSSR count). The zero-order valence-corrected chi connectivity index (χ0v) is 11.3. The fourth-order valence-corrected chi connectivity index (χ4v) is 2.69. The van der Waals surface area contributed by atoms with Crippen molar-refractivity contribution in [3.8, 4) is 11.3 Å². The summed E-state index contributed by atoms with van der Waals surface area (Å²) >= 11 is 0. The Morgan fingerprint density at radius 2 is 2.00 bits per heavy atom. The SMILES string of the molecule is Cc1[nH][nH]c2nc(-c3ccoc3)c3c(F)cc(=O)c(F)c3c12. The number of benzene rings is 1. The van der Waals surface area contributed by atoms with Crippen LogP contribution in [-0.2, 0) is 0 Å². The molecule has 4 aromatic rings. The number of rotatable bonds is 1. The highest BCUT2D eigenvalue weighted by Gasteiger charge is 2.21. The van der Waals surface area contributed by atoms with Gasteiger partial charge in [0.2, 0.25) is 5.43 Å². The summed E-state index contributed by atoms with van der Waals surface area (Å²) in [6.07, 6.45) is 2.80. The zero-order chi connectivity index (χ0) is 15.4. The van der Waals surface area contributed by atoms with Crippen LogP contribution < -0.4 is 5.43 Å². The topological polar surface area (TPSA) is 74.7 Å². The average Bonchev–Trinajstić information content (AvgIpc) is 3.13. The molecule has 0 radical (unpaired) electrons. The van der Waals surface area contributed by atoms with Crippen molar-refractivity contribution in [1.29, 1.82) is 0 Å². The van der Waals surface area contributed by atoms with Crippen molar-refractivity contribution in [3.63, 3.8) is 0 Å². The smallest absolute Gasteiger partial charge is 0.217 e. The van der Waals surface area contributed by atoms with Crippen molar-refractivity contribution in [2.24, 2.45) is 0 Å². The predicted octanol–water partition coefficient (Wildman–Crippen LogP) is 3.25. The van der Waals surface area contributed by atoms with Gasteiger partial charge in [0.15, 0.2) is 11.5 Å². The van der Waals surface area contributed by atoms with Gasteiger partial charge in [0, 0.05) is 28.1 Å². The van der Waals surface area contributed by atoms with Gasteiger partial charge in [-0.1, -0.05) is 0 Å². The Morgan fingerprint density at radius 1 is 1.18 bits per heavy atom. The molecular formula is C15H9F2N3O2. The van der Waals surface area contributed by atoms with Gasteiger partial charge in [-0.25, -0.2) is 13.8 Å². The second-order valence-electron chi connectivity index (χ2n) is 4.99. The van der Waals surface area contributed by atoms with Gasteiger partial charge in [-0.05, 0) is 13.0 Å². The van der Waals surface area contributed by atoms with Crippen LogP contribution in [0.3, 0.4) is 0 Å². The molecule has 0 unspecified atom stereocenters. The van der Waals surface area contributed by atoms with Gasteiger partial charge in [0.05, 0.1) is 23.6 Å². The Labute approximate surface area is 121 Å². The second-order valence-corrected chi connectivity index (χ2v) is 4.99. The van der Waals surface area contributed by atoms with E-state index >= 15 is 0 Å². The maximum absolute atomic E-state index is 14.4. The molecule has 0 spiro atoms. The van der Waals surface area contributed by atoms with E-state index in [1.807, 2.05) is 0 Å². The Bertz CT molecular complexity index is 1080. The van der Waals surface area contributed by atoms with Gasteiger partial charge in [0.25, 0.3) is 0 Å². The lowest BCUT2D eigenvalue weighted by Crippen LogP contribution is -2.08. The van der Waals surface area contributed by atoms with E-state index < -0.39 is 17.1 Å². The van der Waals surface area contributed by atoms with Gasteiger partial charge in [-0.2, -0.15) is 0 Å². The van der Waals surface area contributed by atoms with Crippen molar-refractivity contribution >= 4 is 21.8 Å². The lowest BCUT2D eigenvalue weighted by molar-refractivity contribution is 0.568. The first-order chi connectivity index (χ1) is 10.6. The summed E-state index contributed by atoms with van der Waals surface area (Å²) in [5.41, 5.74) is 0.621. The summed E-state index contributed by atoms with van der Waals surface area (Å²) in [5.74, 6) is -1.81. The van der Waals surface area contributed by atoms with E-state index in [-0.39, 0.29) is 16.5 Å². The van der Waals surface area contributed by atoms with Crippen LogP contribution in [0.5, 0.6) is 0 Å². The minimum atomic E-state index is -0.996. The van der Waals surface area contributed by atoms with E-state index in [0.717, 1.165) is 0 Å². The molecule has 0 amide bonds. The van der Waals surface area contributed by atoms with E-state index in [1.54, 1.807) is 13.0 Å². The first-order valence-corrected chi connectivity index (χ1v) is 6.49. The average molecular weight is 301 g/mol. The number of halogens is 2. The van der Waals surface area contributed by atoms with E-state index in [0.29, 0.717) is 28.4 Å². The zero-order valence-electron chi connectivity index (χ0n) is 11.3.